The molecule has 1 aliphatic carbocycles. The second kappa shape index (κ2) is 4.81. The Labute approximate surface area is 107 Å². The topological polar surface area (TPSA) is 29.1 Å². The van der Waals surface area contributed by atoms with Crippen LogP contribution in [0.3, 0.4) is 0 Å². The van der Waals surface area contributed by atoms with Gasteiger partial charge in [0.1, 0.15) is 0 Å². The second-order valence-corrected chi connectivity index (χ2v) is 7.01. The number of rotatable bonds is 2. The number of carbonyl (C=O) groups excluding carboxylic acids is 1. The molecule has 1 N–H and O–H groups in total. The van der Waals surface area contributed by atoms with Crippen LogP contribution in [-0.4, -0.2) is 11.9 Å². The highest BCUT2D eigenvalue weighted by Crippen LogP contribution is 2.38. The minimum atomic E-state index is 0.0925. The Kier molecular flexibility index (Phi) is 3.57. The molecule has 2 unspecified atom stereocenters. The summed E-state index contributed by atoms with van der Waals surface area (Å²) in [7, 11) is 0. The quantitative estimate of drug-likeness (QED) is 0.853. The Bertz CT molecular complexity index is 383. The van der Waals surface area contributed by atoms with E-state index in [4.69, 9.17) is 0 Å². The standard InChI is InChI=1S/C14H21NOS/c1-10-7-11(9-14(2,3)8-10)15-13(16)12-5-4-6-17-12/h4-6,10-11H,7-9H2,1-3H3,(H,15,16). The van der Waals surface area contributed by atoms with Gasteiger partial charge >= 0.3 is 0 Å². The Morgan fingerprint density at radius 3 is 2.82 bits per heavy atom. The molecule has 1 heterocycles. The lowest BCUT2D eigenvalue weighted by molar-refractivity contribution is 0.0878. The second-order valence-electron chi connectivity index (χ2n) is 6.06. The zero-order valence-electron chi connectivity index (χ0n) is 10.8. The first-order valence-electron chi connectivity index (χ1n) is 6.31. The van der Waals surface area contributed by atoms with Gasteiger partial charge in [-0.25, -0.2) is 0 Å². The van der Waals surface area contributed by atoms with Gasteiger partial charge in [-0.05, 0) is 42.0 Å². The fourth-order valence-electron chi connectivity index (χ4n) is 3.12. The number of hydrogen-bond acceptors (Lipinski definition) is 2. The summed E-state index contributed by atoms with van der Waals surface area (Å²) in [5.74, 6) is 0.794. The summed E-state index contributed by atoms with van der Waals surface area (Å²) < 4.78 is 0. The van der Waals surface area contributed by atoms with Gasteiger partial charge < -0.3 is 5.32 Å². The van der Waals surface area contributed by atoms with Crippen LogP contribution in [0, 0.1) is 11.3 Å². The first-order valence-corrected chi connectivity index (χ1v) is 7.19. The van der Waals surface area contributed by atoms with Crippen molar-refractivity contribution in [3.05, 3.63) is 22.4 Å². The van der Waals surface area contributed by atoms with Crippen molar-refractivity contribution in [3.63, 3.8) is 0 Å². The highest BCUT2D eigenvalue weighted by Gasteiger charge is 2.32. The third-order valence-electron chi connectivity index (χ3n) is 3.47. The van der Waals surface area contributed by atoms with Crippen LogP contribution in [0.25, 0.3) is 0 Å². The number of thiophene rings is 1. The Hall–Kier alpha value is -0.830. The fourth-order valence-corrected chi connectivity index (χ4v) is 3.75. The van der Waals surface area contributed by atoms with E-state index < -0.39 is 0 Å². The van der Waals surface area contributed by atoms with Crippen molar-refractivity contribution in [1.82, 2.24) is 5.32 Å². The van der Waals surface area contributed by atoms with E-state index in [1.165, 1.54) is 17.8 Å². The van der Waals surface area contributed by atoms with E-state index >= 15 is 0 Å². The molecule has 1 aliphatic rings. The van der Waals surface area contributed by atoms with Gasteiger partial charge in [-0.2, -0.15) is 0 Å². The Morgan fingerprint density at radius 1 is 1.47 bits per heavy atom. The maximum Gasteiger partial charge on any atom is 0.261 e. The van der Waals surface area contributed by atoms with Crippen LogP contribution in [0.1, 0.15) is 49.7 Å². The van der Waals surface area contributed by atoms with Crippen molar-refractivity contribution in [2.45, 2.75) is 46.1 Å². The zero-order valence-corrected chi connectivity index (χ0v) is 11.6. The molecule has 0 spiro atoms. The molecule has 2 rings (SSSR count). The minimum Gasteiger partial charge on any atom is -0.349 e. The molecule has 94 valence electrons. The van der Waals surface area contributed by atoms with Crippen molar-refractivity contribution in [1.29, 1.82) is 0 Å². The van der Waals surface area contributed by atoms with Crippen LogP contribution in [0.2, 0.25) is 0 Å². The van der Waals surface area contributed by atoms with Gasteiger partial charge in [0.15, 0.2) is 0 Å². The Morgan fingerprint density at radius 2 is 2.24 bits per heavy atom. The van der Waals surface area contributed by atoms with E-state index in [9.17, 15) is 4.79 Å². The zero-order chi connectivity index (χ0) is 12.5. The number of amides is 1. The van der Waals surface area contributed by atoms with Gasteiger partial charge in [0.2, 0.25) is 0 Å². The monoisotopic (exact) mass is 251 g/mol. The minimum absolute atomic E-state index is 0.0925. The van der Waals surface area contributed by atoms with E-state index in [0.717, 1.165) is 17.7 Å². The first-order chi connectivity index (χ1) is 7.96. The van der Waals surface area contributed by atoms with Crippen molar-refractivity contribution in [3.8, 4) is 0 Å². The molecule has 0 aliphatic heterocycles. The Balaban J connectivity index is 1.97. The SMILES string of the molecule is CC1CC(NC(=O)c2cccs2)CC(C)(C)C1. The van der Waals surface area contributed by atoms with Gasteiger partial charge in [-0.1, -0.05) is 26.8 Å². The summed E-state index contributed by atoms with van der Waals surface area (Å²) in [6.45, 7) is 6.88. The predicted octanol–water partition coefficient (Wildman–Crippen LogP) is 3.69. The lowest BCUT2D eigenvalue weighted by atomic mass is 9.70. The predicted molar refractivity (Wildman–Crippen MR) is 72.4 cm³/mol. The third-order valence-corrected chi connectivity index (χ3v) is 4.34. The van der Waals surface area contributed by atoms with Crippen molar-refractivity contribution in [2.24, 2.45) is 11.3 Å². The summed E-state index contributed by atoms with van der Waals surface area (Å²) >= 11 is 1.51. The molecule has 3 heteroatoms. The summed E-state index contributed by atoms with van der Waals surface area (Å²) in [4.78, 5) is 12.8. The van der Waals surface area contributed by atoms with Crippen LogP contribution in [0.5, 0.6) is 0 Å². The van der Waals surface area contributed by atoms with Crippen LogP contribution < -0.4 is 5.32 Å². The third kappa shape index (κ3) is 3.32. The van der Waals surface area contributed by atoms with E-state index in [1.807, 2.05) is 17.5 Å². The molecule has 2 atom stereocenters. The molecule has 0 bridgehead atoms. The average Bonchev–Trinajstić information content (AvgIpc) is 2.65. The van der Waals surface area contributed by atoms with Crippen LogP contribution in [-0.2, 0) is 0 Å². The molecule has 0 saturated heterocycles. The van der Waals surface area contributed by atoms with Crippen LogP contribution in [0.4, 0.5) is 0 Å². The lowest BCUT2D eigenvalue weighted by Gasteiger charge is -2.39. The molecule has 1 saturated carbocycles. The fraction of sp³-hybridized carbons (Fsp3) is 0.643. The summed E-state index contributed by atoms with van der Waals surface area (Å²) in [5.41, 5.74) is 0.352. The molecule has 1 fully saturated rings. The number of nitrogens with one attached hydrogen (secondary N) is 1. The highest BCUT2D eigenvalue weighted by atomic mass is 32.1. The van der Waals surface area contributed by atoms with Crippen molar-refractivity contribution >= 4 is 17.2 Å². The molecule has 1 aromatic rings. The summed E-state index contributed by atoms with van der Waals surface area (Å²) in [5, 5.41) is 5.13. The number of hydrogen-bond donors (Lipinski definition) is 1. The lowest BCUT2D eigenvalue weighted by Crippen LogP contribution is -2.42. The summed E-state index contributed by atoms with van der Waals surface area (Å²) in [6, 6.07) is 4.15. The van der Waals surface area contributed by atoms with E-state index in [2.05, 4.69) is 26.1 Å². The molecule has 0 aromatic carbocycles. The number of carbonyl (C=O) groups is 1. The summed E-state index contributed by atoms with van der Waals surface area (Å²) in [6.07, 6.45) is 3.47. The van der Waals surface area contributed by atoms with Crippen LogP contribution in [0.15, 0.2) is 17.5 Å². The highest BCUT2D eigenvalue weighted by molar-refractivity contribution is 7.12. The van der Waals surface area contributed by atoms with Gasteiger partial charge in [0.05, 0.1) is 4.88 Å². The first kappa shape index (κ1) is 12.6. The van der Waals surface area contributed by atoms with E-state index in [0.29, 0.717) is 17.4 Å². The van der Waals surface area contributed by atoms with Crippen molar-refractivity contribution in [2.75, 3.05) is 0 Å². The van der Waals surface area contributed by atoms with Gasteiger partial charge in [-0.15, -0.1) is 11.3 Å². The smallest absolute Gasteiger partial charge is 0.261 e. The maximum absolute atomic E-state index is 12.0. The molecule has 17 heavy (non-hydrogen) atoms. The molecular weight excluding hydrogens is 230 g/mol. The largest absolute Gasteiger partial charge is 0.349 e. The molecular formula is C14H21NOS. The van der Waals surface area contributed by atoms with Crippen LogP contribution >= 0.6 is 11.3 Å². The van der Waals surface area contributed by atoms with E-state index in [-0.39, 0.29) is 5.91 Å². The van der Waals surface area contributed by atoms with E-state index in [1.54, 1.807) is 0 Å². The van der Waals surface area contributed by atoms with Crippen molar-refractivity contribution < 1.29 is 4.79 Å². The molecule has 2 nitrogen and oxygen atoms in total. The molecule has 1 aromatic heterocycles. The van der Waals surface area contributed by atoms with Gasteiger partial charge in [-0.3, -0.25) is 4.79 Å². The molecule has 0 radical (unpaired) electrons. The maximum atomic E-state index is 12.0. The molecule has 1 amide bonds. The average molecular weight is 251 g/mol. The van der Waals surface area contributed by atoms with Gasteiger partial charge in [0, 0.05) is 6.04 Å². The normalized spacial score (nSPS) is 27.7. The van der Waals surface area contributed by atoms with Gasteiger partial charge in [0.25, 0.3) is 5.91 Å².